The number of rotatable bonds is 6. The van der Waals surface area contributed by atoms with Gasteiger partial charge in [0, 0.05) is 17.9 Å². The van der Waals surface area contributed by atoms with E-state index in [-0.39, 0.29) is 24.2 Å². The standard InChI is InChI=1S/C15H25N3O2.ClH/c1-3-11(4-2)14-9-13(20-18-14)10-17-15(19)12-5-7-16-8-6-12;/h9,11-12,16H,3-8,10H2,1-2H3,(H,17,19);1H. The van der Waals surface area contributed by atoms with Crippen LogP contribution in [0.5, 0.6) is 0 Å². The highest BCUT2D eigenvalue weighted by molar-refractivity contribution is 5.85. The molecule has 2 N–H and O–H groups in total. The molecule has 2 rings (SSSR count). The molecule has 0 radical (unpaired) electrons. The first kappa shape index (κ1) is 18.0. The third kappa shape index (κ3) is 5.00. The molecule has 1 aromatic heterocycles. The predicted molar refractivity (Wildman–Crippen MR) is 84.5 cm³/mol. The van der Waals surface area contributed by atoms with Crippen LogP contribution in [-0.2, 0) is 11.3 Å². The van der Waals surface area contributed by atoms with E-state index in [4.69, 9.17) is 4.52 Å². The quantitative estimate of drug-likeness (QED) is 0.847. The summed E-state index contributed by atoms with van der Waals surface area (Å²) >= 11 is 0. The van der Waals surface area contributed by atoms with Gasteiger partial charge in [-0.1, -0.05) is 19.0 Å². The molecule has 1 aromatic rings. The minimum atomic E-state index is 0. The van der Waals surface area contributed by atoms with Gasteiger partial charge in [0.2, 0.25) is 5.91 Å². The fourth-order valence-corrected chi connectivity index (χ4v) is 2.71. The van der Waals surface area contributed by atoms with Gasteiger partial charge in [0.05, 0.1) is 12.2 Å². The Balaban J connectivity index is 0.00000220. The molecule has 5 nitrogen and oxygen atoms in total. The lowest BCUT2D eigenvalue weighted by atomic mass is 9.97. The van der Waals surface area contributed by atoms with Crippen LogP contribution in [0.1, 0.15) is 56.9 Å². The van der Waals surface area contributed by atoms with Crippen molar-refractivity contribution < 1.29 is 9.32 Å². The van der Waals surface area contributed by atoms with Gasteiger partial charge < -0.3 is 15.2 Å². The lowest BCUT2D eigenvalue weighted by molar-refractivity contribution is -0.126. The van der Waals surface area contributed by atoms with E-state index in [1.807, 2.05) is 6.07 Å². The van der Waals surface area contributed by atoms with Crippen molar-refractivity contribution in [1.82, 2.24) is 15.8 Å². The number of nitrogens with zero attached hydrogens (tertiary/aromatic N) is 1. The monoisotopic (exact) mass is 315 g/mol. The van der Waals surface area contributed by atoms with Gasteiger partial charge in [0.15, 0.2) is 5.76 Å². The van der Waals surface area contributed by atoms with E-state index in [0.717, 1.165) is 50.2 Å². The molecule has 0 bridgehead atoms. The van der Waals surface area contributed by atoms with Crippen molar-refractivity contribution in [2.24, 2.45) is 5.92 Å². The Morgan fingerprint density at radius 3 is 2.71 bits per heavy atom. The Morgan fingerprint density at radius 1 is 1.43 bits per heavy atom. The highest BCUT2D eigenvalue weighted by atomic mass is 35.5. The van der Waals surface area contributed by atoms with Crippen LogP contribution in [0, 0.1) is 5.92 Å². The van der Waals surface area contributed by atoms with E-state index >= 15 is 0 Å². The van der Waals surface area contributed by atoms with Crippen LogP contribution < -0.4 is 10.6 Å². The Bertz CT molecular complexity index is 426. The number of hydrogen-bond donors (Lipinski definition) is 2. The normalized spacial score (nSPS) is 15.8. The molecule has 0 saturated carbocycles. The number of carbonyl (C=O) groups is 1. The third-order valence-corrected chi connectivity index (χ3v) is 4.13. The number of piperidine rings is 1. The molecular weight excluding hydrogens is 290 g/mol. The lowest BCUT2D eigenvalue weighted by Crippen LogP contribution is -2.37. The molecule has 0 unspecified atom stereocenters. The van der Waals surface area contributed by atoms with Crippen molar-refractivity contribution in [2.75, 3.05) is 13.1 Å². The number of carbonyl (C=O) groups excluding carboxylic acids is 1. The zero-order valence-corrected chi connectivity index (χ0v) is 13.7. The van der Waals surface area contributed by atoms with Crippen LogP contribution >= 0.6 is 12.4 Å². The first-order chi connectivity index (χ1) is 9.74. The van der Waals surface area contributed by atoms with Gasteiger partial charge in [-0.05, 0) is 38.8 Å². The summed E-state index contributed by atoms with van der Waals surface area (Å²) in [5, 5.41) is 10.3. The van der Waals surface area contributed by atoms with Crippen molar-refractivity contribution in [3.63, 3.8) is 0 Å². The second kappa shape index (κ2) is 9.05. The maximum Gasteiger partial charge on any atom is 0.223 e. The highest BCUT2D eigenvalue weighted by Gasteiger charge is 2.21. The van der Waals surface area contributed by atoms with Gasteiger partial charge in [0.25, 0.3) is 0 Å². The Kier molecular flexibility index (Phi) is 7.75. The van der Waals surface area contributed by atoms with Crippen LogP contribution in [0.15, 0.2) is 10.6 Å². The van der Waals surface area contributed by atoms with Crippen LogP contribution in [0.2, 0.25) is 0 Å². The summed E-state index contributed by atoms with van der Waals surface area (Å²) in [4.78, 5) is 12.0. The van der Waals surface area contributed by atoms with Crippen molar-refractivity contribution >= 4 is 18.3 Å². The van der Waals surface area contributed by atoms with Gasteiger partial charge in [-0.2, -0.15) is 0 Å². The SMILES string of the molecule is CCC(CC)c1cc(CNC(=O)C2CCNCC2)on1.Cl. The molecule has 1 saturated heterocycles. The van der Waals surface area contributed by atoms with E-state index in [1.165, 1.54) is 0 Å². The van der Waals surface area contributed by atoms with Crippen LogP contribution in [0.3, 0.4) is 0 Å². The fraction of sp³-hybridized carbons (Fsp3) is 0.733. The first-order valence-corrected chi connectivity index (χ1v) is 7.68. The fourth-order valence-electron chi connectivity index (χ4n) is 2.71. The van der Waals surface area contributed by atoms with E-state index in [9.17, 15) is 4.79 Å². The van der Waals surface area contributed by atoms with E-state index in [0.29, 0.717) is 12.5 Å². The van der Waals surface area contributed by atoms with Crippen molar-refractivity contribution in [3.05, 3.63) is 17.5 Å². The molecule has 1 aliphatic heterocycles. The molecule has 120 valence electrons. The maximum atomic E-state index is 12.0. The molecular formula is C15H26ClN3O2. The molecule has 2 heterocycles. The minimum Gasteiger partial charge on any atom is -0.359 e. The number of aromatic nitrogens is 1. The zero-order valence-electron chi connectivity index (χ0n) is 12.9. The largest absolute Gasteiger partial charge is 0.359 e. The summed E-state index contributed by atoms with van der Waals surface area (Å²) in [6.45, 7) is 6.61. The Labute approximate surface area is 132 Å². The lowest BCUT2D eigenvalue weighted by Gasteiger charge is -2.21. The summed E-state index contributed by atoms with van der Waals surface area (Å²) in [6, 6.07) is 1.97. The minimum absolute atomic E-state index is 0. The highest BCUT2D eigenvalue weighted by Crippen LogP contribution is 2.22. The summed E-state index contributed by atoms with van der Waals surface area (Å²) < 4.78 is 5.31. The smallest absolute Gasteiger partial charge is 0.223 e. The van der Waals surface area contributed by atoms with Crippen LogP contribution in [0.25, 0.3) is 0 Å². The molecule has 6 heteroatoms. The molecule has 1 aliphatic rings. The van der Waals surface area contributed by atoms with Gasteiger partial charge in [-0.25, -0.2) is 0 Å². The van der Waals surface area contributed by atoms with Crippen LogP contribution in [-0.4, -0.2) is 24.2 Å². The van der Waals surface area contributed by atoms with Crippen LogP contribution in [0.4, 0.5) is 0 Å². The maximum absolute atomic E-state index is 12.0. The molecule has 0 spiro atoms. The Hall–Kier alpha value is -1.07. The second-order valence-corrected chi connectivity index (χ2v) is 5.47. The topological polar surface area (TPSA) is 67.2 Å². The molecule has 1 amide bonds. The molecule has 0 aliphatic carbocycles. The number of halogens is 1. The average Bonchev–Trinajstić information content (AvgIpc) is 2.96. The first-order valence-electron chi connectivity index (χ1n) is 7.68. The summed E-state index contributed by atoms with van der Waals surface area (Å²) in [7, 11) is 0. The summed E-state index contributed by atoms with van der Waals surface area (Å²) in [5.74, 6) is 1.46. The predicted octanol–water partition coefficient (Wildman–Crippen LogP) is 2.62. The average molecular weight is 316 g/mol. The Morgan fingerprint density at radius 2 is 2.10 bits per heavy atom. The second-order valence-electron chi connectivity index (χ2n) is 5.47. The van der Waals surface area contributed by atoms with E-state index in [1.54, 1.807) is 0 Å². The molecule has 0 aromatic carbocycles. The third-order valence-electron chi connectivity index (χ3n) is 4.13. The molecule has 21 heavy (non-hydrogen) atoms. The van der Waals surface area contributed by atoms with Crippen molar-refractivity contribution in [2.45, 2.75) is 52.0 Å². The zero-order chi connectivity index (χ0) is 14.4. The van der Waals surface area contributed by atoms with Gasteiger partial charge in [0.1, 0.15) is 0 Å². The number of nitrogens with one attached hydrogen (secondary N) is 2. The van der Waals surface area contributed by atoms with Gasteiger partial charge in [-0.3, -0.25) is 4.79 Å². The van der Waals surface area contributed by atoms with Gasteiger partial charge >= 0.3 is 0 Å². The molecule has 0 atom stereocenters. The number of amides is 1. The summed E-state index contributed by atoms with van der Waals surface area (Å²) in [6.07, 6.45) is 3.95. The molecule has 1 fully saturated rings. The van der Waals surface area contributed by atoms with Crippen molar-refractivity contribution in [1.29, 1.82) is 0 Å². The number of hydrogen-bond acceptors (Lipinski definition) is 4. The van der Waals surface area contributed by atoms with E-state index in [2.05, 4.69) is 29.6 Å². The van der Waals surface area contributed by atoms with Gasteiger partial charge in [-0.15, -0.1) is 12.4 Å². The summed E-state index contributed by atoms with van der Waals surface area (Å²) in [5.41, 5.74) is 1.00. The van der Waals surface area contributed by atoms with E-state index < -0.39 is 0 Å². The van der Waals surface area contributed by atoms with Crippen molar-refractivity contribution in [3.8, 4) is 0 Å².